The Hall–Kier alpha value is -3.02. The first-order valence-electron chi connectivity index (χ1n) is 7.18. The molecular formula is C18H18N2O4-2. The van der Waals surface area contributed by atoms with E-state index in [0.717, 1.165) is 0 Å². The Bertz CT molecular complexity index is 698. The van der Waals surface area contributed by atoms with Gasteiger partial charge in [-0.2, -0.15) is 0 Å². The fourth-order valence-electron chi connectivity index (χ4n) is 1.81. The van der Waals surface area contributed by atoms with Crippen LogP contribution in [-0.2, 0) is 9.59 Å². The van der Waals surface area contributed by atoms with E-state index in [4.69, 9.17) is 0 Å². The Morgan fingerprint density at radius 1 is 0.792 bits per heavy atom. The van der Waals surface area contributed by atoms with E-state index in [-0.39, 0.29) is 34.2 Å². The second-order valence-electron chi connectivity index (χ2n) is 5.06. The zero-order valence-corrected chi connectivity index (χ0v) is 14.0. The number of Topliss-reactive ketones (excluding diaryl/α,β-unsaturated/α-hetero) is 2. The summed E-state index contributed by atoms with van der Waals surface area (Å²) >= 11 is 0. The third kappa shape index (κ3) is 5.31. The van der Waals surface area contributed by atoms with Crippen LogP contribution in [0.5, 0.6) is 0 Å². The second kappa shape index (κ2) is 8.57. The summed E-state index contributed by atoms with van der Waals surface area (Å²) in [5.41, 5.74) is 0.766. The zero-order chi connectivity index (χ0) is 18.3. The molecule has 126 valence electrons. The van der Waals surface area contributed by atoms with Crippen molar-refractivity contribution in [3.05, 3.63) is 46.9 Å². The van der Waals surface area contributed by atoms with Crippen LogP contribution in [-0.4, -0.2) is 24.0 Å². The van der Waals surface area contributed by atoms with Crippen LogP contribution in [0.15, 0.2) is 56.9 Å². The summed E-state index contributed by atoms with van der Waals surface area (Å²) in [5, 5.41) is 22.8. The van der Waals surface area contributed by atoms with Gasteiger partial charge in [0.1, 0.15) is 0 Å². The summed E-state index contributed by atoms with van der Waals surface area (Å²) in [7, 11) is 0. The van der Waals surface area contributed by atoms with Gasteiger partial charge in [-0.3, -0.25) is 19.6 Å². The molecule has 0 fully saturated rings. The van der Waals surface area contributed by atoms with Gasteiger partial charge < -0.3 is 10.2 Å². The Morgan fingerprint density at radius 3 is 1.38 bits per heavy atom. The molecule has 1 rings (SSSR count). The molecule has 0 atom stereocenters. The lowest BCUT2D eigenvalue weighted by atomic mass is 10.1. The Kier molecular flexibility index (Phi) is 6.79. The van der Waals surface area contributed by atoms with Crippen molar-refractivity contribution in [1.82, 2.24) is 0 Å². The molecule has 0 spiro atoms. The SMILES string of the molecule is CC(=O)C(C=Nc1ccccc1N=CC(C(C)=O)=C(C)[O-])=C(C)[O-]. The quantitative estimate of drug-likeness (QED) is 0.449. The summed E-state index contributed by atoms with van der Waals surface area (Å²) in [6.07, 6.45) is 2.39. The number of ketones is 2. The van der Waals surface area contributed by atoms with E-state index in [1.165, 1.54) is 40.1 Å². The molecule has 0 saturated carbocycles. The van der Waals surface area contributed by atoms with Crippen molar-refractivity contribution in [3.63, 3.8) is 0 Å². The summed E-state index contributed by atoms with van der Waals surface area (Å²) in [5.74, 6) is -1.51. The standard InChI is InChI=1S/C18H20N2O4/c1-11(21)15(12(2)22)9-19-17-7-5-6-8-18(17)20-10-16(13(3)23)14(4)24/h5-10,21,23H,1-4H3/p-2. The first-order valence-corrected chi connectivity index (χ1v) is 7.18. The molecule has 0 aliphatic heterocycles. The summed E-state index contributed by atoms with van der Waals surface area (Å²) in [6, 6.07) is 6.71. The highest BCUT2D eigenvalue weighted by Crippen LogP contribution is 2.27. The minimum absolute atomic E-state index is 0.0199. The van der Waals surface area contributed by atoms with Crippen molar-refractivity contribution in [2.45, 2.75) is 27.7 Å². The van der Waals surface area contributed by atoms with Crippen molar-refractivity contribution >= 4 is 35.4 Å². The lowest BCUT2D eigenvalue weighted by molar-refractivity contribution is -0.303. The first-order chi connectivity index (χ1) is 11.2. The van der Waals surface area contributed by atoms with Gasteiger partial charge in [-0.15, -0.1) is 11.5 Å². The average molecular weight is 326 g/mol. The maximum atomic E-state index is 11.4. The van der Waals surface area contributed by atoms with Gasteiger partial charge in [0.15, 0.2) is 11.6 Å². The summed E-state index contributed by atoms with van der Waals surface area (Å²) in [4.78, 5) is 31.0. The van der Waals surface area contributed by atoms with Crippen LogP contribution >= 0.6 is 0 Å². The maximum absolute atomic E-state index is 11.4. The van der Waals surface area contributed by atoms with Crippen molar-refractivity contribution in [3.8, 4) is 0 Å². The highest BCUT2D eigenvalue weighted by Gasteiger charge is 2.03. The van der Waals surface area contributed by atoms with E-state index in [1.54, 1.807) is 24.3 Å². The summed E-state index contributed by atoms with van der Waals surface area (Å²) in [6.45, 7) is 5.14. The molecule has 0 heterocycles. The number of carbonyl (C=O) groups is 2. The highest BCUT2D eigenvalue weighted by molar-refractivity contribution is 6.14. The Balaban J connectivity index is 3.23. The molecule has 1 aromatic rings. The molecule has 0 radical (unpaired) electrons. The van der Waals surface area contributed by atoms with Gasteiger partial charge >= 0.3 is 0 Å². The van der Waals surface area contributed by atoms with Gasteiger partial charge in [0.05, 0.1) is 11.4 Å². The number of allylic oxidation sites excluding steroid dienone is 4. The fraction of sp³-hybridized carbons (Fsp3) is 0.222. The topological polar surface area (TPSA) is 105 Å². The monoisotopic (exact) mass is 326 g/mol. The van der Waals surface area contributed by atoms with Gasteiger partial charge in [0.25, 0.3) is 0 Å². The fourth-order valence-corrected chi connectivity index (χ4v) is 1.81. The first kappa shape index (κ1) is 19.0. The molecule has 6 heteroatoms. The van der Waals surface area contributed by atoms with Crippen LogP contribution in [0.2, 0.25) is 0 Å². The van der Waals surface area contributed by atoms with Crippen molar-refractivity contribution in [1.29, 1.82) is 0 Å². The van der Waals surface area contributed by atoms with Gasteiger partial charge in [-0.25, -0.2) is 0 Å². The van der Waals surface area contributed by atoms with Crippen LogP contribution in [0.25, 0.3) is 0 Å². The molecule has 6 nitrogen and oxygen atoms in total. The molecule has 0 aliphatic carbocycles. The molecule has 1 aromatic carbocycles. The molecule has 0 unspecified atom stereocenters. The smallest absolute Gasteiger partial charge is 0.160 e. The number of rotatable bonds is 6. The minimum Gasteiger partial charge on any atom is -0.875 e. The van der Waals surface area contributed by atoms with E-state index in [2.05, 4.69) is 9.98 Å². The normalized spacial score (nSPS) is 13.8. The largest absolute Gasteiger partial charge is 0.875 e. The number of aliphatic imine (C=N–C) groups is 2. The molecule has 0 bridgehead atoms. The number of hydrogen-bond donors (Lipinski definition) is 0. The number of para-hydroxylation sites is 2. The third-order valence-corrected chi connectivity index (χ3v) is 3.06. The average Bonchev–Trinajstić information content (AvgIpc) is 2.47. The molecule has 0 N–H and O–H groups in total. The van der Waals surface area contributed by atoms with Gasteiger partial charge in [0, 0.05) is 23.6 Å². The van der Waals surface area contributed by atoms with Gasteiger partial charge in [-0.05, 0) is 26.0 Å². The number of benzene rings is 1. The Morgan fingerprint density at radius 2 is 1.12 bits per heavy atom. The van der Waals surface area contributed by atoms with Crippen molar-refractivity contribution in [2.75, 3.05) is 0 Å². The number of nitrogens with zero attached hydrogens (tertiary/aromatic N) is 2. The zero-order valence-electron chi connectivity index (χ0n) is 14.0. The molecule has 0 saturated heterocycles. The number of carbonyl (C=O) groups excluding carboxylic acids is 2. The van der Waals surface area contributed by atoms with E-state index in [0.29, 0.717) is 11.4 Å². The van der Waals surface area contributed by atoms with E-state index < -0.39 is 0 Å². The Labute approximate surface area is 140 Å². The van der Waals surface area contributed by atoms with Gasteiger partial charge in [-0.1, -0.05) is 26.0 Å². The molecule has 0 aromatic heterocycles. The predicted octanol–water partition coefficient (Wildman–Crippen LogP) is 1.54. The molecule has 0 aliphatic rings. The summed E-state index contributed by atoms with van der Waals surface area (Å²) < 4.78 is 0. The van der Waals surface area contributed by atoms with Crippen molar-refractivity contribution in [2.24, 2.45) is 9.98 Å². The lowest BCUT2D eigenvalue weighted by Crippen LogP contribution is -2.10. The van der Waals surface area contributed by atoms with Crippen LogP contribution < -0.4 is 10.2 Å². The van der Waals surface area contributed by atoms with Crippen LogP contribution in [0.1, 0.15) is 27.7 Å². The third-order valence-electron chi connectivity index (χ3n) is 3.06. The lowest BCUT2D eigenvalue weighted by Gasteiger charge is -2.09. The van der Waals surface area contributed by atoms with Gasteiger partial charge in [0.2, 0.25) is 0 Å². The molecular weight excluding hydrogens is 308 g/mol. The van der Waals surface area contributed by atoms with E-state index in [9.17, 15) is 19.8 Å². The van der Waals surface area contributed by atoms with E-state index in [1.807, 2.05) is 0 Å². The minimum atomic E-state index is -0.379. The van der Waals surface area contributed by atoms with Crippen LogP contribution in [0.3, 0.4) is 0 Å². The van der Waals surface area contributed by atoms with Crippen LogP contribution in [0.4, 0.5) is 11.4 Å². The van der Waals surface area contributed by atoms with E-state index >= 15 is 0 Å². The molecule has 24 heavy (non-hydrogen) atoms. The molecule has 0 amide bonds. The van der Waals surface area contributed by atoms with Crippen LogP contribution in [0, 0.1) is 0 Å². The number of hydrogen-bond acceptors (Lipinski definition) is 6. The predicted molar refractivity (Wildman–Crippen MR) is 89.5 cm³/mol. The second-order valence-corrected chi connectivity index (χ2v) is 5.06. The maximum Gasteiger partial charge on any atom is 0.160 e. The van der Waals surface area contributed by atoms with Crippen molar-refractivity contribution < 1.29 is 19.8 Å². The highest BCUT2D eigenvalue weighted by atomic mass is 16.3.